The molecule has 20 nitrogen and oxygen atoms in total. The molecule has 0 spiro atoms. The van der Waals surface area contributed by atoms with Crippen LogP contribution in [0.3, 0.4) is 0 Å². The maximum Gasteiger partial charge on any atom is 0.397 e. The lowest BCUT2D eigenvalue weighted by molar-refractivity contribution is -0.351. The van der Waals surface area contributed by atoms with Crippen molar-refractivity contribution in [1.82, 2.24) is 0 Å². The molecule has 0 bridgehead atoms. The minimum Gasteiger partial charge on any atom is -0.394 e. The molecular formula is C12H22O20S3. The van der Waals surface area contributed by atoms with Gasteiger partial charge < -0.3 is 39.7 Å². The molecule has 0 saturated carbocycles. The van der Waals surface area contributed by atoms with Crippen molar-refractivity contribution in [2.24, 2.45) is 0 Å². The van der Waals surface area contributed by atoms with Crippen LogP contribution in [0.15, 0.2) is 0 Å². The largest absolute Gasteiger partial charge is 0.397 e. The number of ether oxygens (including phenoxy) is 3. The number of rotatable bonds is 10. The van der Waals surface area contributed by atoms with E-state index in [1.165, 1.54) is 0 Å². The molecule has 0 aromatic carbocycles. The zero-order chi connectivity index (χ0) is 26.9. The van der Waals surface area contributed by atoms with Gasteiger partial charge in [0.05, 0.1) is 13.2 Å². The van der Waals surface area contributed by atoms with Gasteiger partial charge in [-0.05, 0) is 0 Å². The van der Waals surface area contributed by atoms with Crippen LogP contribution in [0.1, 0.15) is 0 Å². The van der Waals surface area contributed by atoms with Gasteiger partial charge in [-0.25, -0.2) is 12.5 Å². The first-order valence-electron chi connectivity index (χ1n) is 9.05. The van der Waals surface area contributed by atoms with Crippen molar-refractivity contribution >= 4 is 31.2 Å². The summed E-state index contributed by atoms with van der Waals surface area (Å²) in [5.41, 5.74) is 0. The Morgan fingerprint density at radius 1 is 0.657 bits per heavy atom. The smallest absolute Gasteiger partial charge is 0.394 e. The van der Waals surface area contributed by atoms with E-state index in [0.29, 0.717) is 0 Å². The molecule has 35 heavy (non-hydrogen) atoms. The molecule has 2 heterocycles. The fraction of sp³-hybridized carbons (Fsp3) is 1.00. The SMILES string of the molecule is O=S(=O)(O)OC[C@H]1O[C@H](O)[C@H](OS(=O)(=O)O)[C@@H](O)[C@H]1O[C@@H]1O[C@H](CO)[C@H](OS(=O)(=O)O)[C@H](O)[C@H]1O. The Morgan fingerprint density at radius 2 is 1.20 bits per heavy atom. The van der Waals surface area contributed by atoms with E-state index in [0.717, 1.165) is 0 Å². The molecule has 208 valence electrons. The lowest BCUT2D eigenvalue weighted by Gasteiger charge is -2.46. The molecule has 0 aromatic rings. The Kier molecular flexibility index (Phi) is 9.90. The summed E-state index contributed by atoms with van der Waals surface area (Å²) >= 11 is 0. The summed E-state index contributed by atoms with van der Waals surface area (Å²) in [7, 11) is -15.7. The Morgan fingerprint density at radius 3 is 1.69 bits per heavy atom. The Bertz CT molecular complexity index is 1020. The summed E-state index contributed by atoms with van der Waals surface area (Å²) in [6.45, 7) is -2.31. The summed E-state index contributed by atoms with van der Waals surface area (Å²) in [5, 5.41) is 50.1. The first kappa shape index (κ1) is 30.5. The molecular weight excluding hydrogens is 560 g/mol. The highest BCUT2D eigenvalue weighted by Crippen LogP contribution is 2.31. The molecule has 10 atom stereocenters. The lowest BCUT2D eigenvalue weighted by Crippen LogP contribution is -2.65. The van der Waals surface area contributed by atoms with E-state index < -0.39 is 106 Å². The number of hydrogen-bond acceptors (Lipinski definition) is 17. The summed E-state index contributed by atoms with van der Waals surface area (Å²) < 4.78 is 120. The average Bonchev–Trinajstić information content (AvgIpc) is 2.69. The fourth-order valence-corrected chi connectivity index (χ4v) is 4.50. The maximum atomic E-state index is 11.0. The highest BCUT2D eigenvalue weighted by Gasteiger charge is 2.53. The minimum atomic E-state index is -5.33. The topological polar surface area (TPSA) is 320 Å². The summed E-state index contributed by atoms with van der Waals surface area (Å²) in [4.78, 5) is 0. The van der Waals surface area contributed by atoms with Crippen molar-refractivity contribution in [2.75, 3.05) is 13.2 Å². The average molecular weight is 582 g/mol. The van der Waals surface area contributed by atoms with Crippen LogP contribution in [0.5, 0.6) is 0 Å². The molecule has 0 radical (unpaired) electrons. The molecule has 2 aliphatic rings. The van der Waals surface area contributed by atoms with Gasteiger partial charge in [0.1, 0.15) is 42.7 Å². The molecule has 2 saturated heterocycles. The summed E-state index contributed by atoms with van der Waals surface area (Å²) in [5.74, 6) is 0. The zero-order valence-electron chi connectivity index (χ0n) is 16.9. The zero-order valence-corrected chi connectivity index (χ0v) is 19.3. The monoisotopic (exact) mass is 582 g/mol. The third kappa shape index (κ3) is 8.68. The van der Waals surface area contributed by atoms with Crippen LogP contribution in [-0.4, -0.2) is 139 Å². The normalized spacial score (nSPS) is 39.4. The van der Waals surface area contributed by atoms with Gasteiger partial charge in [0.25, 0.3) is 0 Å². The highest BCUT2D eigenvalue weighted by molar-refractivity contribution is 7.81. The third-order valence-corrected chi connectivity index (χ3v) is 5.96. The van der Waals surface area contributed by atoms with Crippen molar-refractivity contribution in [3.8, 4) is 0 Å². The van der Waals surface area contributed by atoms with E-state index in [4.69, 9.17) is 27.9 Å². The molecule has 0 aromatic heterocycles. The second kappa shape index (κ2) is 11.4. The molecule has 0 unspecified atom stereocenters. The van der Waals surface area contributed by atoms with Crippen molar-refractivity contribution in [3.63, 3.8) is 0 Å². The molecule has 2 fully saturated rings. The van der Waals surface area contributed by atoms with Crippen molar-refractivity contribution in [3.05, 3.63) is 0 Å². The van der Waals surface area contributed by atoms with E-state index in [-0.39, 0.29) is 0 Å². The van der Waals surface area contributed by atoms with Crippen LogP contribution in [0.2, 0.25) is 0 Å². The Balaban J connectivity index is 2.32. The van der Waals surface area contributed by atoms with Gasteiger partial charge in [-0.3, -0.25) is 13.7 Å². The van der Waals surface area contributed by atoms with Gasteiger partial charge in [-0.1, -0.05) is 0 Å². The van der Waals surface area contributed by atoms with Gasteiger partial charge in [-0.2, -0.15) is 25.3 Å². The first-order valence-corrected chi connectivity index (χ1v) is 13.1. The van der Waals surface area contributed by atoms with E-state index in [2.05, 4.69) is 12.5 Å². The molecule has 0 amide bonds. The molecule has 0 aliphatic carbocycles. The second-order valence-electron chi connectivity index (χ2n) is 7.05. The van der Waals surface area contributed by atoms with Crippen molar-refractivity contribution < 1.29 is 91.2 Å². The Hall–Kier alpha value is -0.710. The lowest BCUT2D eigenvalue weighted by atomic mass is 9.97. The van der Waals surface area contributed by atoms with E-state index in [9.17, 15) is 50.8 Å². The second-order valence-corrected chi connectivity index (χ2v) is 10.2. The van der Waals surface area contributed by atoms with Crippen molar-refractivity contribution in [2.45, 2.75) is 61.4 Å². The first-order chi connectivity index (χ1) is 15.8. The number of hydrogen-bond donors (Lipinski definition) is 8. The maximum absolute atomic E-state index is 11.0. The van der Waals surface area contributed by atoms with Gasteiger partial charge in [-0.15, -0.1) is 0 Å². The van der Waals surface area contributed by atoms with Gasteiger partial charge >= 0.3 is 31.2 Å². The van der Waals surface area contributed by atoms with E-state index >= 15 is 0 Å². The van der Waals surface area contributed by atoms with Gasteiger partial charge in [0.15, 0.2) is 18.7 Å². The predicted molar refractivity (Wildman–Crippen MR) is 99.9 cm³/mol. The van der Waals surface area contributed by atoms with E-state index in [1.54, 1.807) is 0 Å². The molecule has 23 heteroatoms. The van der Waals surface area contributed by atoms with Gasteiger partial charge in [0, 0.05) is 0 Å². The highest BCUT2D eigenvalue weighted by atomic mass is 32.3. The molecule has 8 N–H and O–H groups in total. The van der Waals surface area contributed by atoms with Crippen LogP contribution in [0.4, 0.5) is 0 Å². The standard InChI is InChI=1S/C12H22O20S3/c13-1-3-9(31-34(21,22)23)5(14)6(15)12(29-3)30-8-4(2-27-33(18,19)20)28-11(17)10(7(8)16)32-35(24,25)26/h3-17H,1-2H2,(H,18,19,20)(H,21,22,23)(H,24,25,26)/t3-,4-,5-,6-,7+,8+,9+,10-,11+,12+/m1/s1. The fourth-order valence-electron chi connectivity index (χ4n) is 3.19. The number of aliphatic hydroxyl groups excluding tert-OH is 5. The third-order valence-electron chi connectivity index (χ3n) is 4.59. The molecule has 2 aliphatic heterocycles. The van der Waals surface area contributed by atoms with Crippen LogP contribution < -0.4 is 0 Å². The van der Waals surface area contributed by atoms with Crippen LogP contribution in [-0.2, 0) is 58.0 Å². The Labute approximate surface area is 197 Å². The van der Waals surface area contributed by atoms with Gasteiger partial charge in [0.2, 0.25) is 0 Å². The summed E-state index contributed by atoms with van der Waals surface area (Å²) in [6.07, 6.45) is -21.6. The predicted octanol–water partition coefficient (Wildman–Crippen LogP) is -5.92. The minimum absolute atomic E-state index is 1.10. The van der Waals surface area contributed by atoms with Crippen LogP contribution in [0.25, 0.3) is 0 Å². The summed E-state index contributed by atoms with van der Waals surface area (Å²) in [6, 6.07) is 0. The quantitative estimate of drug-likeness (QED) is 0.111. The van der Waals surface area contributed by atoms with Crippen LogP contribution in [0, 0.1) is 0 Å². The van der Waals surface area contributed by atoms with Crippen molar-refractivity contribution in [1.29, 1.82) is 0 Å². The molecule has 2 rings (SSSR count). The van der Waals surface area contributed by atoms with Crippen LogP contribution >= 0.6 is 0 Å². The van der Waals surface area contributed by atoms with E-state index in [1.807, 2.05) is 0 Å². The number of aliphatic hydroxyl groups is 5.